The van der Waals surface area contributed by atoms with Gasteiger partial charge in [0.2, 0.25) is 0 Å². The number of pyridine rings is 1. The Morgan fingerprint density at radius 2 is 2.41 bits per heavy atom. The molecule has 0 spiro atoms. The van der Waals surface area contributed by atoms with Gasteiger partial charge >= 0.3 is 0 Å². The second-order valence-electron chi connectivity index (χ2n) is 3.59. The summed E-state index contributed by atoms with van der Waals surface area (Å²) >= 11 is 1.26. The average molecular weight is 248 g/mol. The summed E-state index contributed by atoms with van der Waals surface area (Å²) in [6.45, 7) is 0.504. The van der Waals surface area contributed by atoms with Gasteiger partial charge in [0, 0.05) is 31.4 Å². The van der Waals surface area contributed by atoms with Gasteiger partial charge < -0.3 is 10.6 Å². The van der Waals surface area contributed by atoms with E-state index in [2.05, 4.69) is 9.97 Å². The second-order valence-corrected chi connectivity index (χ2v) is 4.48. The van der Waals surface area contributed by atoms with Crippen LogP contribution in [0.4, 0.5) is 5.13 Å². The van der Waals surface area contributed by atoms with Crippen molar-refractivity contribution in [3.05, 3.63) is 41.2 Å². The van der Waals surface area contributed by atoms with Crippen molar-refractivity contribution in [1.82, 2.24) is 14.9 Å². The van der Waals surface area contributed by atoms with Crippen LogP contribution in [0.3, 0.4) is 0 Å². The third kappa shape index (κ3) is 2.79. The molecule has 0 saturated carbocycles. The molecule has 0 aliphatic rings. The minimum Gasteiger partial charge on any atom is -0.375 e. The molecule has 2 N–H and O–H groups in total. The van der Waals surface area contributed by atoms with E-state index in [1.54, 1.807) is 29.7 Å². The van der Waals surface area contributed by atoms with Crippen molar-refractivity contribution in [1.29, 1.82) is 0 Å². The molecular formula is C11H12N4OS. The number of nitrogens with two attached hydrogens (primary N) is 1. The van der Waals surface area contributed by atoms with E-state index in [4.69, 9.17) is 5.73 Å². The molecule has 5 nitrogen and oxygen atoms in total. The number of aromatic nitrogens is 2. The van der Waals surface area contributed by atoms with E-state index in [1.165, 1.54) is 11.3 Å². The monoisotopic (exact) mass is 248 g/mol. The first-order valence-corrected chi connectivity index (χ1v) is 5.90. The van der Waals surface area contributed by atoms with E-state index in [9.17, 15) is 4.79 Å². The highest BCUT2D eigenvalue weighted by molar-refractivity contribution is 7.13. The standard InChI is InChI=1S/C11H12N4OS/c1-15(6-8-3-2-4-13-5-8)10(16)9-7-17-11(12)14-9/h2-5,7H,6H2,1H3,(H2,12,14). The summed E-state index contributed by atoms with van der Waals surface area (Å²) in [7, 11) is 1.73. The Morgan fingerprint density at radius 3 is 3.00 bits per heavy atom. The van der Waals surface area contributed by atoms with Gasteiger partial charge in [0.05, 0.1) is 0 Å². The Labute approximate surface area is 103 Å². The first-order valence-electron chi connectivity index (χ1n) is 5.02. The van der Waals surface area contributed by atoms with Crippen molar-refractivity contribution in [2.45, 2.75) is 6.54 Å². The van der Waals surface area contributed by atoms with Gasteiger partial charge in [-0.05, 0) is 11.6 Å². The highest BCUT2D eigenvalue weighted by Crippen LogP contribution is 2.13. The molecule has 0 bridgehead atoms. The molecule has 0 atom stereocenters. The molecular weight excluding hydrogens is 236 g/mol. The number of anilines is 1. The fourth-order valence-electron chi connectivity index (χ4n) is 1.42. The molecule has 0 fully saturated rings. The molecule has 2 aromatic heterocycles. The van der Waals surface area contributed by atoms with Crippen LogP contribution in [0.15, 0.2) is 29.9 Å². The zero-order valence-corrected chi connectivity index (χ0v) is 10.1. The molecule has 6 heteroatoms. The summed E-state index contributed by atoms with van der Waals surface area (Å²) in [4.78, 5) is 21.5. The maximum atomic E-state index is 12.0. The summed E-state index contributed by atoms with van der Waals surface area (Å²) in [5, 5.41) is 2.07. The fourth-order valence-corrected chi connectivity index (χ4v) is 1.96. The van der Waals surface area contributed by atoms with Gasteiger partial charge in [0.25, 0.3) is 5.91 Å². The third-order valence-corrected chi connectivity index (χ3v) is 2.90. The van der Waals surface area contributed by atoms with Crippen LogP contribution in [-0.4, -0.2) is 27.8 Å². The van der Waals surface area contributed by atoms with E-state index in [1.807, 2.05) is 12.1 Å². The highest BCUT2D eigenvalue weighted by atomic mass is 32.1. The number of carbonyl (C=O) groups excluding carboxylic acids is 1. The highest BCUT2D eigenvalue weighted by Gasteiger charge is 2.14. The smallest absolute Gasteiger partial charge is 0.273 e. The quantitative estimate of drug-likeness (QED) is 0.891. The molecule has 0 saturated heterocycles. The van der Waals surface area contributed by atoms with Crippen LogP contribution in [0, 0.1) is 0 Å². The first kappa shape index (κ1) is 11.5. The van der Waals surface area contributed by atoms with Gasteiger partial charge in [-0.3, -0.25) is 9.78 Å². The number of amides is 1. The van der Waals surface area contributed by atoms with Crippen molar-refractivity contribution in [2.75, 3.05) is 12.8 Å². The zero-order valence-electron chi connectivity index (χ0n) is 9.33. The topological polar surface area (TPSA) is 72.1 Å². The van der Waals surface area contributed by atoms with Crippen molar-refractivity contribution < 1.29 is 4.79 Å². The molecule has 17 heavy (non-hydrogen) atoms. The SMILES string of the molecule is CN(Cc1cccnc1)C(=O)c1csc(N)n1. The van der Waals surface area contributed by atoms with E-state index >= 15 is 0 Å². The van der Waals surface area contributed by atoms with Gasteiger partial charge in [-0.1, -0.05) is 6.07 Å². The van der Waals surface area contributed by atoms with Gasteiger partial charge in [-0.2, -0.15) is 0 Å². The van der Waals surface area contributed by atoms with Crippen LogP contribution in [0.1, 0.15) is 16.1 Å². The fraction of sp³-hybridized carbons (Fsp3) is 0.182. The Morgan fingerprint density at radius 1 is 1.59 bits per heavy atom. The second kappa shape index (κ2) is 4.92. The van der Waals surface area contributed by atoms with E-state index < -0.39 is 0 Å². The van der Waals surface area contributed by atoms with E-state index in [0.717, 1.165) is 5.56 Å². The van der Waals surface area contributed by atoms with Gasteiger partial charge in [0.15, 0.2) is 5.13 Å². The summed E-state index contributed by atoms with van der Waals surface area (Å²) < 4.78 is 0. The number of thiazole rings is 1. The van der Waals surface area contributed by atoms with Crippen LogP contribution in [-0.2, 0) is 6.54 Å². The lowest BCUT2D eigenvalue weighted by molar-refractivity contribution is 0.0780. The minimum atomic E-state index is -0.137. The molecule has 0 aliphatic heterocycles. The molecule has 0 aromatic carbocycles. The predicted octanol–water partition coefficient (Wildman–Crippen LogP) is 1.39. The average Bonchev–Trinajstić information content (AvgIpc) is 2.76. The van der Waals surface area contributed by atoms with E-state index in [0.29, 0.717) is 17.4 Å². The van der Waals surface area contributed by atoms with Gasteiger partial charge in [-0.25, -0.2) is 4.98 Å². The summed E-state index contributed by atoms with van der Waals surface area (Å²) in [6.07, 6.45) is 3.44. The molecule has 2 heterocycles. The maximum absolute atomic E-state index is 12.0. The van der Waals surface area contributed by atoms with Crippen LogP contribution in [0.25, 0.3) is 0 Å². The lowest BCUT2D eigenvalue weighted by atomic mass is 10.2. The molecule has 0 unspecified atom stereocenters. The van der Waals surface area contributed by atoms with Crippen molar-refractivity contribution in [3.8, 4) is 0 Å². The number of nitrogen functional groups attached to an aromatic ring is 1. The lowest BCUT2D eigenvalue weighted by Gasteiger charge is -2.15. The molecule has 88 valence electrons. The normalized spacial score (nSPS) is 10.2. The van der Waals surface area contributed by atoms with Crippen LogP contribution < -0.4 is 5.73 Å². The zero-order chi connectivity index (χ0) is 12.3. The van der Waals surface area contributed by atoms with Crippen molar-refractivity contribution in [2.24, 2.45) is 0 Å². The third-order valence-electron chi connectivity index (χ3n) is 2.23. The van der Waals surface area contributed by atoms with Crippen LogP contribution in [0.2, 0.25) is 0 Å². The van der Waals surface area contributed by atoms with Crippen molar-refractivity contribution >= 4 is 22.4 Å². The lowest BCUT2D eigenvalue weighted by Crippen LogP contribution is -2.26. The number of rotatable bonds is 3. The summed E-state index contributed by atoms with van der Waals surface area (Å²) in [6, 6.07) is 3.76. The largest absolute Gasteiger partial charge is 0.375 e. The number of hydrogen-bond donors (Lipinski definition) is 1. The Bertz CT molecular complexity index is 511. The Hall–Kier alpha value is -1.95. The molecule has 2 aromatic rings. The summed E-state index contributed by atoms with van der Waals surface area (Å²) in [5.41, 5.74) is 6.86. The molecule has 2 rings (SSSR count). The summed E-state index contributed by atoms with van der Waals surface area (Å²) in [5.74, 6) is -0.137. The predicted molar refractivity (Wildman–Crippen MR) is 66.6 cm³/mol. The molecule has 0 radical (unpaired) electrons. The molecule has 0 aliphatic carbocycles. The minimum absolute atomic E-state index is 0.137. The molecule has 1 amide bonds. The van der Waals surface area contributed by atoms with E-state index in [-0.39, 0.29) is 5.91 Å². The number of nitrogens with zero attached hydrogens (tertiary/aromatic N) is 3. The number of carbonyl (C=O) groups is 1. The van der Waals surface area contributed by atoms with Gasteiger partial charge in [0.1, 0.15) is 5.69 Å². The van der Waals surface area contributed by atoms with Crippen LogP contribution >= 0.6 is 11.3 Å². The first-order chi connectivity index (χ1) is 8.16. The Balaban J connectivity index is 2.06. The van der Waals surface area contributed by atoms with Crippen LogP contribution in [0.5, 0.6) is 0 Å². The Kier molecular flexibility index (Phi) is 3.34. The number of hydrogen-bond acceptors (Lipinski definition) is 5. The van der Waals surface area contributed by atoms with Crippen molar-refractivity contribution in [3.63, 3.8) is 0 Å². The maximum Gasteiger partial charge on any atom is 0.273 e. The van der Waals surface area contributed by atoms with Gasteiger partial charge in [-0.15, -0.1) is 11.3 Å².